The summed E-state index contributed by atoms with van der Waals surface area (Å²) >= 11 is 3.98. The molecular weight excluding hydrogens is 172 g/mol. The van der Waals surface area contributed by atoms with E-state index < -0.39 is 6.04 Å². The van der Waals surface area contributed by atoms with Crippen molar-refractivity contribution in [3.8, 4) is 0 Å². The first kappa shape index (κ1) is 11.8. The van der Waals surface area contributed by atoms with Crippen LogP contribution in [-0.2, 0) is 4.79 Å². The van der Waals surface area contributed by atoms with Crippen LogP contribution in [0.1, 0.15) is 20.8 Å². The Morgan fingerprint density at radius 2 is 2.08 bits per heavy atom. The van der Waals surface area contributed by atoms with Crippen LogP contribution in [0.4, 0.5) is 0 Å². The van der Waals surface area contributed by atoms with E-state index in [2.05, 4.69) is 17.9 Å². The largest absolute Gasteiger partial charge is 0.354 e. The molecule has 12 heavy (non-hydrogen) atoms. The van der Waals surface area contributed by atoms with Crippen molar-refractivity contribution in [3.63, 3.8) is 0 Å². The molecule has 0 aromatic heterocycles. The third kappa shape index (κ3) is 3.97. The molecule has 1 amide bonds. The molecule has 0 heterocycles. The summed E-state index contributed by atoms with van der Waals surface area (Å²) < 4.78 is 0. The molecule has 0 fully saturated rings. The van der Waals surface area contributed by atoms with Gasteiger partial charge in [-0.1, -0.05) is 20.8 Å². The molecule has 0 aromatic carbocycles. The van der Waals surface area contributed by atoms with Gasteiger partial charge in [0.15, 0.2) is 0 Å². The standard InChI is InChI=1S/C8H18N2OS/c1-8(2,3)6(9)7(11)10-4-5-12/h6,12H,4-5,9H2,1-3H3,(H,10,11)/t6-/m1/s1. The molecule has 0 unspecified atom stereocenters. The van der Waals surface area contributed by atoms with Crippen LogP contribution in [-0.4, -0.2) is 24.2 Å². The van der Waals surface area contributed by atoms with E-state index in [1.54, 1.807) is 0 Å². The molecule has 0 rings (SSSR count). The zero-order valence-electron chi connectivity index (χ0n) is 7.92. The third-order valence-corrected chi connectivity index (χ3v) is 1.85. The van der Waals surface area contributed by atoms with Crippen molar-refractivity contribution in [2.24, 2.45) is 11.1 Å². The Kier molecular flexibility index (Phi) is 4.63. The van der Waals surface area contributed by atoms with Gasteiger partial charge in [0.25, 0.3) is 0 Å². The zero-order chi connectivity index (χ0) is 9.78. The highest BCUT2D eigenvalue weighted by atomic mass is 32.1. The summed E-state index contributed by atoms with van der Waals surface area (Å²) in [6.07, 6.45) is 0. The molecule has 0 saturated carbocycles. The summed E-state index contributed by atoms with van der Waals surface area (Å²) in [6, 6.07) is -0.447. The average molecular weight is 190 g/mol. The molecule has 0 aliphatic heterocycles. The number of carbonyl (C=O) groups is 1. The Hall–Kier alpha value is -0.220. The van der Waals surface area contributed by atoms with Crippen molar-refractivity contribution in [2.75, 3.05) is 12.3 Å². The van der Waals surface area contributed by atoms with Crippen LogP contribution in [0, 0.1) is 5.41 Å². The minimum Gasteiger partial charge on any atom is -0.354 e. The maximum absolute atomic E-state index is 11.3. The average Bonchev–Trinajstić information content (AvgIpc) is 1.97. The van der Waals surface area contributed by atoms with Gasteiger partial charge in [-0.05, 0) is 5.41 Å². The number of amides is 1. The van der Waals surface area contributed by atoms with Gasteiger partial charge < -0.3 is 11.1 Å². The van der Waals surface area contributed by atoms with Crippen molar-refractivity contribution >= 4 is 18.5 Å². The van der Waals surface area contributed by atoms with Gasteiger partial charge in [-0.25, -0.2) is 0 Å². The number of hydrogen-bond acceptors (Lipinski definition) is 3. The van der Waals surface area contributed by atoms with E-state index in [0.29, 0.717) is 12.3 Å². The molecule has 3 nitrogen and oxygen atoms in total. The van der Waals surface area contributed by atoms with E-state index >= 15 is 0 Å². The van der Waals surface area contributed by atoms with Gasteiger partial charge in [0.2, 0.25) is 5.91 Å². The van der Waals surface area contributed by atoms with E-state index in [-0.39, 0.29) is 11.3 Å². The summed E-state index contributed by atoms with van der Waals surface area (Å²) in [7, 11) is 0. The predicted molar refractivity (Wildman–Crippen MR) is 54.3 cm³/mol. The fourth-order valence-corrected chi connectivity index (χ4v) is 0.794. The van der Waals surface area contributed by atoms with Crippen LogP contribution < -0.4 is 11.1 Å². The molecule has 0 radical (unpaired) electrons. The fraction of sp³-hybridized carbons (Fsp3) is 0.875. The van der Waals surface area contributed by atoms with Crippen LogP contribution in [0.2, 0.25) is 0 Å². The first-order chi connectivity index (χ1) is 5.39. The number of nitrogens with two attached hydrogens (primary N) is 1. The van der Waals surface area contributed by atoms with E-state index in [1.165, 1.54) is 0 Å². The number of nitrogens with one attached hydrogen (secondary N) is 1. The van der Waals surface area contributed by atoms with Gasteiger partial charge in [0, 0.05) is 12.3 Å². The van der Waals surface area contributed by atoms with E-state index in [9.17, 15) is 4.79 Å². The lowest BCUT2D eigenvalue weighted by molar-refractivity contribution is -0.124. The van der Waals surface area contributed by atoms with E-state index in [0.717, 1.165) is 0 Å². The number of rotatable bonds is 3. The zero-order valence-corrected chi connectivity index (χ0v) is 8.82. The highest BCUT2D eigenvalue weighted by molar-refractivity contribution is 7.80. The first-order valence-electron chi connectivity index (χ1n) is 4.03. The second-order valence-electron chi connectivity index (χ2n) is 3.86. The molecule has 0 bridgehead atoms. The SMILES string of the molecule is CC(C)(C)[C@H](N)C(=O)NCCS. The fourth-order valence-electron chi connectivity index (χ4n) is 0.682. The van der Waals surface area contributed by atoms with E-state index in [4.69, 9.17) is 5.73 Å². The Morgan fingerprint density at radius 1 is 1.58 bits per heavy atom. The van der Waals surface area contributed by atoms with Gasteiger partial charge in [0.05, 0.1) is 6.04 Å². The highest BCUT2D eigenvalue weighted by Crippen LogP contribution is 2.16. The molecule has 0 aliphatic rings. The quantitative estimate of drug-likeness (QED) is 0.564. The van der Waals surface area contributed by atoms with Crippen molar-refractivity contribution in [2.45, 2.75) is 26.8 Å². The first-order valence-corrected chi connectivity index (χ1v) is 4.67. The topological polar surface area (TPSA) is 55.1 Å². The molecule has 0 spiro atoms. The minimum atomic E-state index is -0.447. The van der Waals surface area contributed by atoms with E-state index in [1.807, 2.05) is 20.8 Å². The van der Waals surface area contributed by atoms with Gasteiger partial charge >= 0.3 is 0 Å². The molecule has 0 aliphatic carbocycles. The number of hydrogen-bond donors (Lipinski definition) is 3. The Balaban J connectivity index is 3.94. The maximum Gasteiger partial charge on any atom is 0.237 e. The van der Waals surface area contributed by atoms with Crippen molar-refractivity contribution in [1.82, 2.24) is 5.32 Å². The molecule has 0 saturated heterocycles. The molecule has 0 aromatic rings. The Bertz CT molecular complexity index is 154. The molecule has 4 heteroatoms. The Labute approximate surface area is 79.5 Å². The number of carbonyl (C=O) groups excluding carboxylic acids is 1. The lowest BCUT2D eigenvalue weighted by atomic mass is 9.87. The summed E-state index contributed by atoms with van der Waals surface area (Å²) in [5.74, 6) is 0.541. The lowest BCUT2D eigenvalue weighted by Gasteiger charge is -2.25. The van der Waals surface area contributed by atoms with Crippen LogP contribution in [0.3, 0.4) is 0 Å². The van der Waals surface area contributed by atoms with Crippen molar-refractivity contribution < 1.29 is 4.79 Å². The second kappa shape index (κ2) is 4.72. The summed E-state index contributed by atoms with van der Waals surface area (Å²) in [5.41, 5.74) is 5.52. The van der Waals surface area contributed by atoms with Gasteiger partial charge in [-0.15, -0.1) is 0 Å². The summed E-state index contributed by atoms with van der Waals surface area (Å²) in [4.78, 5) is 11.3. The van der Waals surface area contributed by atoms with Crippen molar-refractivity contribution in [3.05, 3.63) is 0 Å². The second-order valence-corrected chi connectivity index (χ2v) is 4.31. The maximum atomic E-state index is 11.3. The van der Waals surface area contributed by atoms with Crippen molar-refractivity contribution in [1.29, 1.82) is 0 Å². The smallest absolute Gasteiger partial charge is 0.237 e. The molecule has 72 valence electrons. The van der Waals surface area contributed by atoms with Gasteiger partial charge in [0.1, 0.15) is 0 Å². The highest BCUT2D eigenvalue weighted by Gasteiger charge is 2.26. The summed E-state index contributed by atoms with van der Waals surface area (Å²) in [5, 5.41) is 2.70. The van der Waals surface area contributed by atoms with Gasteiger partial charge in [-0.2, -0.15) is 12.6 Å². The Morgan fingerprint density at radius 3 is 2.42 bits per heavy atom. The lowest BCUT2D eigenvalue weighted by Crippen LogP contribution is -2.48. The number of thiol groups is 1. The van der Waals surface area contributed by atoms with Crippen LogP contribution in [0.25, 0.3) is 0 Å². The van der Waals surface area contributed by atoms with Crippen LogP contribution in [0.5, 0.6) is 0 Å². The molecular formula is C8H18N2OS. The summed E-state index contributed by atoms with van der Waals surface area (Å²) in [6.45, 7) is 6.40. The molecule has 1 atom stereocenters. The normalized spacial score (nSPS) is 14.1. The monoisotopic (exact) mass is 190 g/mol. The van der Waals surface area contributed by atoms with Crippen LogP contribution in [0.15, 0.2) is 0 Å². The van der Waals surface area contributed by atoms with Crippen LogP contribution >= 0.6 is 12.6 Å². The van der Waals surface area contributed by atoms with Gasteiger partial charge in [-0.3, -0.25) is 4.79 Å². The third-order valence-electron chi connectivity index (χ3n) is 1.63. The predicted octanol–water partition coefficient (Wildman–Crippen LogP) is 0.406. The minimum absolute atomic E-state index is 0.100. The molecule has 3 N–H and O–H groups in total.